The maximum Gasteiger partial charge on any atom is 0.412 e. The molecule has 3 aromatic rings. The van der Waals surface area contributed by atoms with Gasteiger partial charge in [-0.05, 0) is 19.1 Å². The fourth-order valence-electron chi connectivity index (χ4n) is 2.76. The highest BCUT2D eigenvalue weighted by atomic mass is 19.4. The number of amides is 1. The molecule has 1 atom stereocenters. The summed E-state index contributed by atoms with van der Waals surface area (Å²) in [5.74, 6) is -0.981. The molecule has 0 bridgehead atoms. The van der Waals surface area contributed by atoms with Gasteiger partial charge in [-0.15, -0.1) is 0 Å². The van der Waals surface area contributed by atoms with Crippen molar-refractivity contribution in [3.63, 3.8) is 0 Å². The van der Waals surface area contributed by atoms with Crippen LogP contribution in [0.3, 0.4) is 0 Å². The predicted octanol–water partition coefficient (Wildman–Crippen LogP) is 2.52. The summed E-state index contributed by atoms with van der Waals surface area (Å²) in [7, 11) is 0. The van der Waals surface area contributed by atoms with Crippen LogP contribution in [0.2, 0.25) is 0 Å². The molecule has 9 heteroatoms. The highest BCUT2D eigenvalue weighted by Gasteiger charge is 2.42. The number of carbonyl (C=O) groups is 1. The Bertz CT molecular complexity index is 1030. The van der Waals surface area contributed by atoms with Gasteiger partial charge < -0.3 is 5.32 Å². The third-order valence-electron chi connectivity index (χ3n) is 4.00. The molecule has 27 heavy (non-hydrogen) atoms. The minimum Gasteiger partial charge on any atom is -0.339 e. The maximum absolute atomic E-state index is 13.3. The van der Waals surface area contributed by atoms with E-state index in [1.165, 1.54) is 18.3 Å². The molecule has 6 nitrogen and oxygen atoms in total. The molecule has 2 heterocycles. The number of rotatable bonds is 4. The lowest BCUT2D eigenvalue weighted by Crippen LogP contribution is -2.41. The molecule has 0 saturated carbocycles. The van der Waals surface area contributed by atoms with Gasteiger partial charge in [0.2, 0.25) is 5.91 Å². The molecule has 1 N–H and O–H groups in total. The Morgan fingerprint density at radius 1 is 1.19 bits per heavy atom. The van der Waals surface area contributed by atoms with E-state index in [0.717, 1.165) is 10.9 Å². The number of nitrogens with one attached hydrogen (secondary N) is 1. The van der Waals surface area contributed by atoms with Crippen molar-refractivity contribution in [2.24, 2.45) is 0 Å². The second-order valence-electron chi connectivity index (χ2n) is 5.92. The van der Waals surface area contributed by atoms with Crippen molar-refractivity contribution in [1.82, 2.24) is 20.1 Å². The lowest BCUT2D eigenvalue weighted by Gasteiger charge is -2.21. The van der Waals surface area contributed by atoms with Crippen molar-refractivity contribution in [3.05, 3.63) is 70.4 Å². The van der Waals surface area contributed by atoms with Gasteiger partial charge in [0.15, 0.2) is 6.04 Å². The smallest absolute Gasteiger partial charge is 0.339 e. The Morgan fingerprint density at radius 2 is 1.89 bits per heavy atom. The molecule has 0 saturated heterocycles. The van der Waals surface area contributed by atoms with E-state index < -0.39 is 30.2 Å². The van der Waals surface area contributed by atoms with Crippen molar-refractivity contribution >= 4 is 16.7 Å². The summed E-state index contributed by atoms with van der Waals surface area (Å²) in [5, 5.41) is 6.92. The second kappa shape index (κ2) is 7.18. The van der Waals surface area contributed by atoms with Crippen LogP contribution in [0, 0.1) is 6.92 Å². The highest BCUT2D eigenvalue weighted by Crippen LogP contribution is 2.32. The Kier molecular flexibility index (Phi) is 4.93. The number of fused-ring (bicyclic) bond motifs is 1. The zero-order valence-electron chi connectivity index (χ0n) is 14.2. The maximum atomic E-state index is 13.3. The SMILES string of the molecule is Cc1nn(CC(=O)N[C@H](c2cccnc2)C(F)(F)F)c(=O)c2ccccc12. The Morgan fingerprint density at radius 3 is 2.52 bits per heavy atom. The van der Waals surface area contributed by atoms with E-state index in [2.05, 4.69) is 10.1 Å². The number of hydrogen-bond donors (Lipinski definition) is 1. The fourth-order valence-corrected chi connectivity index (χ4v) is 2.76. The number of hydrogen-bond acceptors (Lipinski definition) is 4. The molecule has 0 unspecified atom stereocenters. The first kappa shape index (κ1) is 18.6. The molecule has 3 rings (SSSR count). The molecule has 0 aliphatic carbocycles. The standard InChI is InChI=1S/C18H15F3N4O2/c1-11-13-6-2-3-7-14(13)17(27)25(24-11)10-15(26)23-16(18(19,20)21)12-5-4-8-22-9-12/h2-9,16H,10H2,1H3,(H,23,26)/t16-/m1/s1. The monoisotopic (exact) mass is 376 g/mol. The first-order chi connectivity index (χ1) is 12.8. The molecule has 1 amide bonds. The number of nitrogens with zero attached hydrogens (tertiary/aromatic N) is 3. The lowest BCUT2D eigenvalue weighted by atomic mass is 10.1. The molecular formula is C18H15F3N4O2. The third kappa shape index (κ3) is 3.97. The Hall–Kier alpha value is -3.23. The Balaban J connectivity index is 1.88. The van der Waals surface area contributed by atoms with E-state index in [4.69, 9.17) is 0 Å². The largest absolute Gasteiger partial charge is 0.412 e. The summed E-state index contributed by atoms with van der Waals surface area (Å²) in [6.45, 7) is 1.03. The average Bonchev–Trinajstić information content (AvgIpc) is 2.64. The van der Waals surface area contributed by atoms with Crippen molar-refractivity contribution in [3.8, 4) is 0 Å². The van der Waals surface area contributed by atoms with Crippen molar-refractivity contribution < 1.29 is 18.0 Å². The van der Waals surface area contributed by atoms with Crippen LogP contribution >= 0.6 is 0 Å². The third-order valence-corrected chi connectivity index (χ3v) is 4.00. The highest BCUT2D eigenvalue weighted by molar-refractivity contribution is 5.83. The van der Waals surface area contributed by atoms with Crippen LogP contribution in [0.25, 0.3) is 10.8 Å². The van der Waals surface area contributed by atoms with Gasteiger partial charge in [0.25, 0.3) is 5.56 Å². The first-order valence-corrected chi connectivity index (χ1v) is 8.00. The van der Waals surface area contributed by atoms with Gasteiger partial charge in [-0.3, -0.25) is 14.6 Å². The van der Waals surface area contributed by atoms with Gasteiger partial charge in [0.1, 0.15) is 6.54 Å². The molecule has 1 aromatic carbocycles. The van der Waals surface area contributed by atoms with Crippen molar-refractivity contribution in [2.75, 3.05) is 0 Å². The van der Waals surface area contributed by atoms with E-state index in [1.807, 2.05) is 5.32 Å². The zero-order chi connectivity index (χ0) is 19.6. The second-order valence-corrected chi connectivity index (χ2v) is 5.92. The van der Waals surface area contributed by atoms with Crippen LogP contribution in [-0.2, 0) is 11.3 Å². The molecule has 0 fully saturated rings. The van der Waals surface area contributed by atoms with Crippen LogP contribution in [0.15, 0.2) is 53.6 Å². The number of halogens is 3. The summed E-state index contributed by atoms with van der Waals surface area (Å²) < 4.78 is 40.9. The van der Waals surface area contributed by atoms with Gasteiger partial charge in [0, 0.05) is 23.3 Å². The number of carbonyl (C=O) groups excluding carboxylic acids is 1. The normalized spacial score (nSPS) is 12.7. The summed E-state index contributed by atoms with van der Waals surface area (Å²) in [5.41, 5.74) is -0.248. The summed E-state index contributed by atoms with van der Waals surface area (Å²) in [6.07, 6.45) is -2.35. The average molecular weight is 376 g/mol. The van der Waals surface area contributed by atoms with Crippen LogP contribution in [0.1, 0.15) is 17.3 Å². The van der Waals surface area contributed by atoms with Gasteiger partial charge in [-0.25, -0.2) is 4.68 Å². The van der Waals surface area contributed by atoms with Crippen molar-refractivity contribution in [2.45, 2.75) is 25.7 Å². The summed E-state index contributed by atoms with van der Waals surface area (Å²) >= 11 is 0. The van der Waals surface area contributed by atoms with Crippen LogP contribution in [0.4, 0.5) is 13.2 Å². The number of pyridine rings is 1. The van der Waals surface area contributed by atoms with E-state index in [1.54, 1.807) is 31.2 Å². The summed E-state index contributed by atoms with van der Waals surface area (Å²) in [4.78, 5) is 28.3. The minimum atomic E-state index is -4.71. The zero-order valence-corrected chi connectivity index (χ0v) is 14.2. The molecular weight excluding hydrogens is 361 g/mol. The molecule has 140 valence electrons. The van der Waals surface area contributed by atoms with Crippen LogP contribution < -0.4 is 10.9 Å². The van der Waals surface area contributed by atoms with Crippen LogP contribution in [-0.4, -0.2) is 26.8 Å². The minimum absolute atomic E-state index is 0.201. The lowest BCUT2D eigenvalue weighted by molar-refractivity contribution is -0.163. The first-order valence-electron chi connectivity index (χ1n) is 8.00. The van der Waals surface area contributed by atoms with Crippen molar-refractivity contribution in [1.29, 1.82) is 0 Å². The molecule has 0 aliphatic rings. The topological polar surface area (TPSA) is 76.9 Å². The van der Waals surface area contributed by atoms with Gasteiger partial charge in [-0.2, -0.15) is 18.3 Å². The van der Waals surface area contributed by atoms with E-state index >= 15 is 0 Å². The number of alkyl halides is 3. The Labute approximate surface area is 151 Å². The van der Waals surface area contributed by atoms with E-state index in [9.17, 15) is 22.8 Å². The van der Waals surface area contributed by atoms with Gasteiger partial charge >= 0.3 is 6.18 Å². The van der Waals surface area contributed by atoms with Gasteiger partial charge in [0.05, 0.1) is 11.1 Å². The molecule has 0 spiro atoms. The molecule has 2 aromatic heterocycles. The number of aryl methyl sites for hydroxylation is 1. The quantitative estimate of drug-likeness (QED) is 0.759. The predicted molar refractivity (Wildman–Crippen MR) is 91.9 cm³/mol. The summed E-state index contributed by atoms with van der Waals surface area (Å²) in [6, 6.07) is 7.04. The van der Waals surface area contributed by atoms with E-state index in [-0.39, 0.29) is 5.56 Å². The number of benzene rings is 1. The molecule has 0 radical (unpaired) electrons. The molecule has 0 aliphatic heterocycles. The van der Waals surface area contributed by atoms with E-state index in [0.29, 0.717) is 16.5 Å². The fraction of sp³-hybridized carbons (Fsp3) is 0.222. The number of aromatic nitrogens is 3. The van der Waals surface area contributed by atoms with Crippen LogP contribution in [0.5, 0.6) is 0 Å². The van der Waals surface area contributed by atoms with Gasteiger partial charge in [-0.1, -0.05) is 24.3 Å².